The van der Waals surface area contributed by atoms with E-state index in [9.17, 15) is 4.79 Å². The van der Waals surface area contributed by atoms with Crippen molar-refractivity contribution < 1.29 is 9.53 Å². The summed E-state index contributed by atoms with van der Waals surface area (Å²) in [6.07, 6.45) is 0. The highest BCUT2D eigenvalue weighted by Crippen LogP contribution is 2.10. The molecule has 0 fully saturated rings. The third-order valence-corrected chi connectivity index (χ3v) is 2.71. The third kappa shape index (κ3) is 6.96. The summed E-state index contributed by atoms with van der Waals surface area (Å²) >= 11 is 3.33. The van der Waals surface area contributed by atoms with E-state index in [1.807, 2.05) is 12.1 Å². The van der Waals surface area contributed by atoms with Crippen LogP contribution in [0.1, 0.15) is 10.4 Å². The van der Waals surface area contributed by atoms with Crippen molar-refractivity contribution in [2.24, 2.45) is 0 Å². The molecular weight excluding hydrogens is 320 g/mol. The van der Waals surface area contributed by atoms with Crippen LogP contribution < -0.4 is 10.6 Å². The van der Waals surface area contributed by atoms with Gasteiger partial charge in [-0.2, -0.15) is 0 Å². The zero-order valence-corrected chi connectivity index (χ0v) is 12.6. The van der Waals surface area contributed by atoms with Crippen molar-refractivity contribution in [3.8, 4) is 0 Å². The summed E-state index contributed by atoms with van der Waals surface area (Å²) in [7, 11) is 1.66. The van der Waals surface area contributed by atoms with Gasteiger partial charge in [-0.3, -0.25) is 4.79 Å². The molecule has 0 aromatic heterocycles. The Hall–Kier alpha value is -0.620. The fourth-order valence-corrected chi connectivity index (χ4v) is 1.53. The first kappa shape index (κ1) is 17.4. The van der Waals surface area contributed by atoms with Crippen LogP contribution in [0.4, 0.5) is 0 Å². The van der Waals surface area contributed by atoms with Crippen molar-refractivity contribution in [2.75, 3.05) is 33.4 Å². The average Bonchev–Trinajstić information content (AvgIpc) is 2.34. The Morgan fingerprint density at radius 1 is 1.22 bits per heavy atom. The quantitative estimate of drug-likeness (QED) is 0.747. The molecule has 0 atom stereocenters. The average molecular weight is 338 g/mol. The number of hydrogen-bond acceptors (Lipinski definition) is 3. The van der Waals surface area contributed by atoms with Crippen LogP contribution in [0.5, 0.6) is 0 Å². The van der Waals surface area contributed by atoms with E-state index in [0.717, 1.165) is 17.6 Å². The van der Waals surface area contributed by atoms with Gasteiger partial charge in [-0.15, -0.1) is 12.4 Å². The normalized spacial score (nSPS) is 9.67. The molecule has 1 aromatic carbocycles. The zero-order valence-electron chi connectivity index (χ0n) is 10.2. The molecule has 0 heterocycles. The van der Waals surface area contributed by atoms with Crippen LogP contribution in [0, 0.1) is 0 Å². The Kier molecular flexibility index (Phi) is 9.96. The molecule has 0 aliphatic rings. The van der Waals surface area contributed by atoms with Crippen LogP contribution in [0.3, 0.4) is 0 Å². The number of hydrogen-bond donors (Lipinski definition) is 2. The summed E-state index contributed by atoms with van der Waals surface area (Å²) in [5.74, 6) is -0.0500. The number of ether oxygens (including phenoxy) is 1. The molecule has 6 heteroatoms. The van der Waals surface area contributed by atoms with Crippen LogP contribution in [0.25, 0.3) is 0 Å². The highest BCUT2D eigenvalue weighted by Gasteiger charge is 2.03. The fraction of sp³-hybridized carbons (Fsp3) is 0.417. The van der Waals surface area contributed by atoms with Crippen LogP contribution in [0.15, 0.2) is 28.7 Å². The number of amides is 1. The Morgan fingerprint density at radius 2 is 1.89 bits per heavy atom. The predicted molar refractivity (Wildman–Crippen MR) is 78.5 cm³/mol. The molecule has 2 N–H and O–H groups in total. The standard InChI is InChI=1S/C12H17BrN2O2.ClH/c1-17-9-8-14-6-7-15-12(16)10-2-4-11(13)5-3-10;/h2-5,14H,6-9H2,1H3,(H,15,16);1H. The van der Waals surface area contributed by atoms with Gasteiger partial charge in [0.25, 0.3) is 5.91 Å². The Labute approximate surface area is 122 Å². The summed E-state index contributed by atoms with van der Waals surface area (Å²) in [5.41, 5.74) is 0.671. The monoisotopic (exact) mass is 336 g/mol. The second-order valence-corrected chi connectivity index (χ2v) is 4.42. The summed E-state index contributed by atoms with van der Waals surface area (Å²) < 4.78 is 5.86. The molecule has 0 saturated carbocycles. The molecule has 18 heavy (non-hydrogen) atoms. The highest BCUT2D eigenvalue weighted by molar-refractivity contribution is 9.10. The number of rotatable bonds is 7. The molecule has 0 aliphatic heterocycles. The number of nitrogens with one attached hydrogen (secondary N) is 2. The minimum absolute atomic E-state index is 0. The maximum absolute atomic E-state index is 11.7. The summed E-state index contributed by atoms with van der Waals surface area (Å²) in [4.78, 5) is 11.7. The summed E-state index contributed by atoms with van der Waals surface area (Å²) in [6, 6.07) is 7.28. The third-order valence-electron chi connectivity index (χ3n) is 2.18. The molecule has 1 aromatic rings. The van der Waals surface area contributed by atoms with E-state index in [0.29, 0.717) is 18.7 Å². The topological polar surface area (TPSA) is 50.4 Å². The number of carbonyl (C=O) groups excluding carboxylic acids is 1. The minimum atomic E-state index is -0.0500. The molecular formula is C12H18BrClN2O2. The van der Waals surface area contributed by atoms with E-state index < -0.39 is 0 Å². The van der Waals surface area contributed by atoms with Crippen molar-refractivity contribution >= 4 is 34.2 Å². The lowest BCUT2D eigenvalue weighted by Crippen LogP contribution is -2.33. The van der Waals surface area contributed by atoms with Gasteiger partial charge in [0.1, 0.15) is 0 Å². The van der Waals surface area contributed by atoms with Crippen molar-refractivity contribution in [1.29, 1.82) is 0 Å². The van der Waals surface area contributed by atoms with Crippen LogP contribution in [0.2, 0.25) is 0 Å². The van der Waals surface area contributed by atoms with Gasteiger partial charge >= 0.3 is 0 Å². The van der Waals surface area contributed by atoms with E-state index in [1.165, 1.54) is 0 Å². The van der Waals surface area contributed by atoms with E-state index in [4.69, 9.17) is 4.74 Å². The van der Waals surface area contributed by atoms with Gasteiger partial charge < -0.3 is 15.4 Å². The van der Waals surface area contributed by atoms with Crippen LogP contribution in [-0.2, 0) is 4.74 Å². The summed E-state index contributed by atoms with van der Waals surface area (Å²) in [5, 5.41) is 5.99. The number of benzene rings is 1. The maximum atomic E-state index is 11.7. The smallest absolute Gasteiger partial charge is 0.251 e. The fourth-order valence-electron chi connectivity index (χ4n) is 1.27. The SMILES string of the molecule is COCCNCCNC(=O)c1ccc(Br)cc1.Cl. The van der Waals surface area contributed by atoms with Crippen molar-refractivity contribution in [1.82, 2.24) is 10.6 Å². The minimum Gasteiger partial charge on any atom is -0.383 e. The van der Waals surface area contributed by atoms with E-state index in [-0.39, 0.29) is 18.3 Å². The van der Waals surface area contributed by atoms with Gasteiger partial charge in [0, 0.05) is 36.8 Å². The molecule has 1 rings (SSSR count). The first-order valence-corrected chi connectivity index (χ1v) is 6.27. The van der Waals surface area contributed by atoms with Crippen molar-refractivity contribution in [3.63, 3.8) is 0 Å². The van der Waals surface area contributed by atoms with Crippen molar-refractivity contribution in [3.05, 3.63) is 34.3 Å². The van der Waals surface area contributed by atoms with E-state index in [1.54, 1.807) is 19.2 Å². The molecule has 0 aliphatic carbocycles. The van der Waals surface area contributed by atoms with Crippen LogP contribution in [-0.4, -0.2) is 39.3 Å². The molecule has 4 nitrogen and oxygen atoms in total. The molecule has 0 saturated heterocycles. The second-order valence-electron chi connectivity index (χ2n) is 3.51. The number of halogens is 2. The van der Waals surface area contributed by atoms with Gasteiger partial charge in [-0.05, 0) is 24.3 Å². The largest absolute Gasteiger partial charge is 0.383 e. The molecule has 0 unspecified atom stereocenters. The first-order chi connectivity index (χ1) is 8.24. The lowest BCUT2D eigenvalue weighted by atomic mass is 10.2. The van der Waals surface area contributed by atoms with Gasteiger partial charge in [-0.25, -0.2) is 0 Å². The number of methoxy groups -OCH3 is 1. The zero-order chi connectivity index (χ0) is 12.5. The van der Waals surface area contributed by atoms with E-state index >= 15 is 0 Å². The molecule has 0 bridgehead atoms. The summed E-state index contributed by atoms with van der Waals surface area (Å²) in [6.45, 7) is 2.83. The molecule has 102 valence electrons. The number of carbonyl (C=O) groups is 1. The van der Waals surface area contributed by atoms with Gasteiger partial charge in [0.15, 0.2) is 0 Å². The lowest BCUT2D eigenvalue weighted by molar-refractivity contribution is 0.0953. The van der Waals surface area contributed by atoms with Crippen LogP contribution >= 0.6 is 28.3 Å². The maximum Gasteiger partial charge on any atom is 0.251 e. The second kappa shape index (κ2) is 10.3. The predicted octanol–water partition coefficient (Wildman–Crippen LogP) is 1.84. The Bertz CT molecular complexity index is 346. The Morgan fingerprint density at radius 3 is 2.50 bits per heavy atom. The van der Waals surface area contributed by atoms with Gasteiger partial charge in [0.2, 0.25) is 0 Å². The first-order valence-electron chi connectivity index (χ1n) is 5.47. The molecule has 1 amide bonds. The van der Waals surface area contributed by atoms with Gasteiger partial charge in [-0.1, -0.05) is 15.9 Å². The van der Waals surface area contributed by atoms with Gasteiger partial charge in [0.05, 0.1) is 6.61 Å². The molecule has 0 spiro atoms. The van der Waals surface area contributed by atoms with Crippen molar-refractivity contribution in [2.45, 2.75) is 0 Å². The lowest BCUT2D eigenvalue weighted by Gasteiger charge is -2.06. The molecule has 0 radical (unpaired) electrons. The van der Waals surface area contributed by atoms with E-state index in [2.05, 4.69) is 26.6 Å². The Balaban J connectivity index is 0.00000289. The highest BCUT2D eigenvalue weighted by atomic mass is 79.9.